The van der Waals surface area contributed by atoms with Gasteiger partial charge in [0, 0.05) is 26.6 Å². The van der Waals surface area contributed by atoms with Crippen molar-refractivity contribution < 1.29 is 8.42 Å². The molecule has 0 aliphatic heterocycles. The molecular formula is C12H19N5O2S2. The first-order chi connectivity index (χ1) is 10.0. The predicted octanol–water partition coefficient (Wildman–Crippen LogP) is 0.507. The average molecular weight is 329 g/mol. The van der Waals surface area contributed by atoms with E-state index < -0.39 is 10.0 Å². The third-order valence-corrected chi connectivity index (χ3v) is 5.71. The van der Waals surface area contributed by atoms with Crippen LogP contribution in [-0.2, 0) is 30.0 Å². The number of rotatable bonds is 8. The van der Waals surface area contributed by atoms with E-state index in [0.29, 0.717) is 23.0 Å². The van der Waals surface area contributed by atoms with E-state index in [1.807, 2.05) is 12.3 Å². The van der Waals surface area contributed by atoms with Crippen LogP contribution in [0.3, 0.4) is 0 Å². The van der Waals surface area contributed by atoms with E-state index in [1.165, 1.54) is 11.3 Å². The minimum atomic E-state index is -3.45. The molecule has 0 aromatic carbocycles. The van der Waals surface area contributed by atoms with Gasteiger partial charge in [-0.15, -0.1) is 11.3 Å². The van der Waals surface area contributed by atoms with Crippen molar-refractivity contribution in [2.75, 3.05) is 13.1 Å². The minimum absolute atomic E-state index is 0.285. The molecule has 116 valence electrons. The van der Waals surface area contributed by atoms with Gasteiger partial charge in [0.15, 0.2) is 5.82 Å². The Hall–Kier alpha value is -1.29. The number of hydrogen-bond acceptors (Lipinski definition) is 6. The molecule has 21 heavy (non-hydrogen) atoms. The van der Waals surface area contributed by atoms with Crippen LogP contribution in [0.2, 0.25) is 0 Å². The molecule has 2 heterocycles. The number of nitrogens with zero attached hydrogens (tertiary/aromatic N) is 3. The molecule has 0 radical (unpaired) electrons. The van der Waals surface area contributed by atoms with Gasteiger partial charge in [-0.3, -0.25) is 4.68 Å². The Morgan fingerprint density at radius 3 is 2.90 bits per heavy atom. The van der Waals surface area contributed by atoms with Crippen LogP contribution in [0, 0.1) is 0 Å². The SMILES string of the molecule is CCNCc1csc(S(=O)(=O)NCCc2ncn(C)n2)c1. The van der Waals surface area contributed by atoms with Gasteiger partial charge in [-0.25, -0.2) is 18.1 Å². The first-order valence-electron chi connectivity index (χ1n) is 6.63. The van der Waals surface area contributed by atoms with Crippen LogP contribution in [0.15, 0.2) is 22.0 Å². The lowest BCUT2D eigenvalue weighted by atomic mass is 10.3. The maximum Gasteiger partial charge on any atom is 0.250 e. The Labute approximate surface area is 128 Å². The number of sulfonamides is 1. The molecule has 0 fully saturated rings. The largest absolute Gasteiger partial charge is 0.313 e. The maximum absolute atomic E-state index is 12.1. The van der Waals surface area contributed by atoms with Crippen molar-refractivity contribution in [3.05, 3.63) is 29.2 Å². The fourth-order valence-electron chi connectivity index (χ4n) is 1.72. The highest BCUT2D eigenvalue weighted by atomic mass is 32.2. The summed E-state index contributed by atoms with van der Waals surface area (Å²) in [5.74, 6) is 0.624. The Morgan fingerprint density at radius 1 is 1.43 bits per heavy atom. The molecule has 0 atom stereocenters. The highest BCUT2D eigenvalue weighted by molar-refractivity contribution is 7.91. The Balaban J connectivity index is 1.90. The molecule has 2 N–H and O–H groups in total. The van der Waals surface area contributed by atoms with Crippen molar-refractivity contribution in [2.45, 2.75) is 24.1 Å². The summed E-state index contributed by atoms with van der Waals surface area (Å²) in [5.41, 5.74) is 0.980. The van der Waals surface area contributed by atoms with Crippen molar-refractivity contribution in [1.29, 1.82) is 0 Å². The van der Waals surface area contributed by atoms with E-state index in [0.717, 1.165) is 12.1 Å². The zero-order valence-corrected chi connectivity index (χ0v) is 13.7. The van der Waals surface area contributed by atoms with Gasteiger partial charge in [-0.2, -0.15) is 5.10 Å². The van der Waals surface area contributed by atoms with Crippen molar-refractivity contribution in [2.24, 2.45) is 7.05 Å². The monoisotopic (exact) mass is 329 g/mol. The highest BCUT2D eigenvalue weighted by Crippen LogP contribution is 2.19. The van der Waals surface area contributed by atoms with E-state index >= 15 is 0 Å². The molecule has 2 aromatic heterocycles. The topological polar surface area (TPSA) is 88.9 Å². The normalized spacial score (nSPS) is 11.9. The number of aromatic nitrogens is 3. The molecule has 2 aromatic rings. The first-order valence-corrected chi connectivity index (χ1v) is 9.00. The van der Waals surface area contributed by atoms with Crippen LogP contribution in [0.25, 0.3) is 0 Å². The molecule has 0 unspecified atom stereocenters. The number of aryl methyl sites for hydroxylation is 1. The third-order valence-electron chi connectivity index (χ3n) is 2.76. The maximum atomic E-state index is 12.1. The number of nitrogens with one attached hydrogen (secondary N) is 2. The van der Waals surface area contributed by atoms with Gasteiger partial charge >= 0.3 is 0 Å². The van der Waals surface area contributed by atoms with E-state index in [9.17, 15) is 8.42 Å². The van der Waals surface area contributed by atoms with Crippen LogP contribution >= 0.6 is 11.3 Å². The number of hydrogen-bond donors (Lipinski definition) is 2. The van der Waals surface area contributed by atoms with E-state index in [1.54, 1.807) is 24.1 Å². The minimum Gasteiger partial charge on any atom is -0.313 e. The van der Waals surface area contributed by atoms with Gasteiger partial charge in [0.05, 0.1) is 0 Å². The second-order valence-electron chi connectivity index (χ2n) is 4.54. The fourth-order valence-corrected chi connectivity index (χ4v) is 4.01. The van der Waals surface area contributed by atoms with Crippen molar-refractivity contribution >= 4 is 21.4 Å². The third kappa shape index (κ3) is 4.60. The van der Waals surface area contributed by atoms with Crippen molar-refractivity contribution in [3.8, 4) is 0 Å². The van der Waals surface area contributed by atoms with Gasteiger partial charge in [-0.1, -0.05) is 6.92 Å². The van der Waals surface area contributed by atoms with E-state index in [-0.39, 0.29) is 6.54 Å². The van der Waals surface area contributed by atoms with Crippen LogP contribution in [0.5, 0.6) is 0 Å². The Kier molecular flexibility index (Phi) is 5.45. The molecular weight excluding hydrogens is 310 g/mol. The molecule has 0 saturated carbocycles. The Morgan fingerprint density at radius 2 is 2.24 bits per heavy atom. The summed E-state index contributed by atoms with van der Waals surface area (Å²) in [4.78, 5) is 4.06. The average Bonchev–Trinajstić information content (AvgIpc) is 3.06. The van der Waals surface area contributed by atoms with E-state index in [2.05, 4.69) is 20.1 Å². The fraction of sp³-hybridized carbons (Fsp3) is 0.500. The summed E-state index contributed by atoms with van der Waals surface area (Å²) >= 11 is 1.23. The van der Waals surface area contributed by atoms with Crippen LogP contribution in [0.1, 0.15) is 18.3 Å². The number of thiophene rings is 1. The zero-order valence-electron chi connectivity index (χ0n) is 12.0. The molecule has 0 spiro atoms. The second-order valence-corrected chi connectivity index (χ2v) is 7.44. The smallest absolute Gasteiger partial charge is 0.250 e. The second kappa shape index (κ2) is 7.12. The molecule has 9 heteroatoms. The van der Waals surface area contributed by atoms with Gasteiger partial charge in [0.1, 0.15) is 10.5 Å². The summed E-state index contributed by atoms with van der Waals surface area (Å²) in [6.45, 7) is 3.83. The molecule has 0 aliphatic carbocycles. The zero-order chi connectivity index (χ0) is 15.3. The molecule has 0 bridgehead atoms. The van der Waals surface area contributed by atoms with Gasteiger partial charge in [-0.05, 0) is 23.6 Å². The Bertz CT molecular complexity index is 677. The van der Waals surface area contributed by atoms with Gasteiger partial charge in [0.2, 0.25) is 10.0 Å². The molecule has 0 saturated heterocycles. The summed E-state index contributed by atoms with van der Waals surface area (Å²) in [6.07, 6.45) is 2.06. The lowest BCUT2D eigenvalue weighted by Gasteiger charge is -2.02. The van der Waals surface area contributed by atoms with Gasteiger partial charge < -0.3 is 5.32 Å². The molecule has 0 aliphatic rings. The van der Waals surface area contributed by atoms with Gasteiger partial charge in [0.25, 0.3) is 0 Å². The lowest BCUT2D eigenvalue weighted by Crippen LogP contribution is -2.25. The molecule has 2 rings (SSSR count). The summed E-state index contributed by atoms with van der Waals surface area (Å²) < 4.78 is 28.8. The summed E-state index contributed by atoms with van der Waals surface area (Å²) in [5, 5.41) is 9.13. The lowest BCUT2D eigenvalue weighted by molar-refractivity contribution is 0.582. The highest BCUT2D eigenvalue weighted by Gasteiger charge is 2.16. The van der Waals surface area contributed by atoms with Crippen LogP contribution in [0.4, 0.5) is 0 Å². The van der Waals surface area contributed by atoms with Crippen molar-refractivity contribution in [3.63, 3.8) is 0 Å². The van der Waals surface area contributed by atoms with Crippen LogP contribution < -0.4 is 10.0 Å². The predicted molar refractivity (Wildman–Crippen MR) is 81.6 cm³/mol. The summed E-state index contributed by atoms with van der Waals surface area (Å²) in [7, 11) is -1.67. The summed E-state index contributed by atoms with van der Waals surface area (Å²) in [6, 6.07) is 1.70. The quantitative estimate of drug-likeness (QED) is 0.736. The first kappa shape index (κ1) is 16.1. The molecule has 0 amide bonds. The van der Waals surface area contributed by atoms with Crippen LogP contribution in [-0.4, -0.2) is 36.3 Å². The molecule has 7 nitrogen and oxygen atoms in total. The van der Waals surface area contributed by atoms with Crippen molar-refractivity contribution in [1.82, 2.24) is 24.8 Å². The standard InChI is InChI=1S/C12H19N5O2S2/c1-3-13-7-10-6-12(20-8-10)21(18,19)15-5-4-11-14-9-17(2)16-11/h6,8-9,13,15H,3-5,7H2,1-2H3. The van der Waals surface area contributed by atoms with E-state index in [4.69, 9.17) is 0 Å².